The first-order valence-corrected chi connectivity index (χ1v) is 8.65. The molecule has 2 nitrogen and oxygen atoms in total. The van der Waals surface area contributed by atoms with Crippen molar-refractivity contribution in [1.29, 1.82) is 0 Å². The molecule has 1 saturated carbocycles. The Balaban J connectivity index is 1.76. The van der Waals surface area contributed by atoms with Gasteiger partial charge in [0.15, 0.2) is 0 Å². The number of nitrogens with one attached hydrogen (secondary N) is 1. The van der Waals surface area contributed by atoms with Gasteiger partial charge in [-0.05, 0) is 43.0 Å². The highest BCUT2D eigenvalue weighted by molar-refractivity contribution is 6.31. The molecule has 0 aliphatic heterocycles. The van der Waals surface area contributed by atoms with Gasteiger partial charge in [-0.2, -0.15) is 0 Å². The Kier molecular flexibility index (Phi) is 3.88. The van der Waals surface area contributed by atoms with Crippen LogP contribution in [0.4, 0.5) is 0 Å². The summed E-state index contributed by atoms with van der Waals surface area (Å²) in [6.45, 7) is 3.99. The van der Waals surface area contributed by atoms with Crippen LogP contribution in [0.2, 0.25) is 5.02 Å². The number of nitrogens with zero attached hydrogens (tertiary/aromatic N) is 1. The maximum Gasteiger partial charge on any atom is 0.0493 e. The predicted octanol–water partition coefficient (Wildman–Crippen LogP) is 4.90. The normalized spacial score (nSPS) is 14.5. The van der Waals surface area contributed by atoms with Gasteiger partial charge >= 0.3 is 0 Å². The molecule has 2 aromatic carbocycles. The lowest BCUT2D eigenvalue weighted by Gasteiger charge is -2.11. The van der Waals surface area contributed by atoms with E-state index in [2.05, 4.69) is 53.2 Å². The van der Waals surface area contributed by atoms with Crippen LogP contribution in [-0.4, -0.2) is 10.6 Å². The first-order chi connectivity index (χ1) is 11.2. The molecule has 1 aromatic heterocycles. The van der Waals surface area contributed by atoms with Gasteiger partial charge in [0.1, 0.15) is 0 Å². The van der Waals surface area contributed by atoms with Gasteiger partial charge < -0.3 is 9.88 Å². The molecule has 1 heterocycles. The molecule has 3 heteroatoms. The highest BCUT2D eigenvalue weighted by Crippen LogP contribution is 2.29. The molecule has 0 atom stereocenters. The molecule has 4 rings (SSSR count). The second kappa shape index (κ2) is 6.03. The van der Waals surface area contributed by atoms with E-state index in [1.807, 2.05) is 12.1 Å². The summed E-state index contributed by atoms with van der Waals surface area (Å²) in [5.41, 5.74) is 5.20. The summed E-state index contributed by atoms with van der Waals surface area (Å²) < 4.78 is 2.39. The summed E-state index contributed by atoms with van der Waals surface area (Å²) in [6, 6.07) is 17.5. The summed E-state index contributed by atoms with van der Waals surface area (Å²) in [4.78, 5) is 0. The highest BCUT2D eigenvalue weighted by atomic mass is 35.5. The fraction of sp³-hybridized carbons (Fsp3) is 0.300. The summed E-state index contributed by atoms with van der Waals surface area (Å²) in [6.07, 6.45) is 2.63. The zero-order chi connectivity index (χ0) is 15.8. The average Bonchev–Trinajstić information content (AvgIpc) is 3.35. The summed E-state index contributed by atoms with van der Waals surface area (Å²) in [5, 5.41) is 5.84. The first kappa shape index (κ1) is 14.8. The maximum atomic E-state index is 6.37. The second-order valence-corrected chi connectivity index (χ2v) is 6.82. The highest BCUT2D eigenvalue weighted by Gasteiger charge is 2.22. The number of benzene rings is 2. The Morgan fingerprint density at radius 1 is 1.09 bits per heavy atom. The summed E-state index contributed by atoms with van der Waals surface area (Å²) >= 11 is 6.37. The molecule has 1 N–H and O–H groups in total. The number of halogens is 1. The third-order valence-corrected chi connectivity index (χ3v) is 5.16. The monoisotopic (exact) mass is 324 g/mol. The molecule has 1 fully saturated rings. The Bertz CT molecular complexity index is 846. The molecular formula is C20H21ClN2. The molecule has 3 aromatic rings. The van der Waals surface area contributed by atoms with Gasteiger partial charge in [0.05, 0.1) is 0 Å². The van der Waals surface area contributed by atoms with Crippen LogP contribution in [0.5, 0.6) is 0 Å². The standard InChI is InChI=1S/C20H21ClN2/c1-14-18(12-22-16-10-11-16)17-7-3-5-9-20(17)23(14)13-15-6-2-4-8-19(15)21/h2-9,16,22H,10-13H2,1H3. The van der Waals surface area contributed by atoms with Crippen LogP contribution in [-0.2, 0) is 13.1 Å². The molecule has 118 valence electrons. The van der Waals surface area contributed by atoms with Crippen molar-refractivity contribution in [2.24, 2.45) is 0 Å². The molecule has 0 amide bonds. The van der Waals surface area contributed by atoms with Crippen molar-refractivity contribution in [2.45, 2.75) is 38.9 Å². The van der Waals surface area contributed by atoms with Crippen LogP contribution in [0.1, 0.15) is 29.7 Å². The van der Waals surface area contributed by atoms with Crippen molar-refractivity contribution in [1.82, 2.24) is 9.88 Å². The van der Waals surface area contributed by atoms with Gasteiger partial charge in [-0.25, -0.2) is 0 Å². The average molecular weight is 325 g/mol. The van der Waals surface area contributed by atoms with E-state index >= 15 is 0 Å². The first-order valence-electron chi connectivity index (χ1n) is 8.27. The smallest absolute Gasteiger partial charge is 0.0493 e. The van der Waals surface area contributed by atoms with E-state index in [4.69, 9.17) is 11.6 Å². The molecule has 0 radical (unpaired) electrons. The van der Waals surface area contributed by atoms with Gasteiger partial charge in [-0.1, -0.05) is 48.0 Å². The quantitative estimate of drug-likeness (QED) is 0.706. The zero-order valence-corrected chi connectivity index (χ0v) is 14.1. The van der Waals surface area contributed by atoms with Gasteiger partial charge in [0.2, 0.25) is 0 Å². The van der Waals surface area contributed by atoms with Crippen molar-refractivity contribution in [3.8, 4) is 0 Å². The number of hydrogen-bond donors (Lipinski definition) is 1. The van der Waals surface area contributed by atoms with Crippen LogP contribution >= 0.6 is 11.6 Å². The van der Waals surface area contributed by atoms with E-state index < -0.39 is 0 Å². The van der Waals surface area contributed by atoms with Crippen LogP contribution in [0.25, 0.3) is 10.9 Å². The number of fused-ring (bicyclic) bond motifs is 1. The third-order valence-electron chi connectivity index (χ3n) is 4.79. The lowest BCUT2D eigenvalue weighted by Crippen LogP contribution is -2.16. The Morgan fingerprint density at radius 3 is 2.61 bits per heavy atom. The SMILES string of the molecule is Cc1c(CNC2CC2)c2ccccc2n1Cc1ccccc1Cl. The van der Waals surface area contributed by atoms with Crippen LogP contribution in [0, 0.1) is 6.92 Å². The Labute approximate surface area is 142 Å². The lowest BCUT2D eigenvalue weighted by molar-refractivity contribution is 0.681. The van der Waals surface area contributed by atoms with Crippen LogP contribution in [0.3, 0.4) is 0 Å². The minimum absolute atomic E-state index is 0.722. The minimum atomic E-state index is 0.722. The zero-order valence-electron chi connectivity index (χ0n) is 13.3. The van der Waals surface area contributed by atoms with E-state index in [9.17, 15) is 0 Å². The second-order valence-electron chi connectivity index (χ2n) is 6.41. The topological polar surface area (TPSA) is 17.0 Å². The van der Waals surface area contributed by atoms with Crippen molar-refractivity contribution >= 4 is 22.5 Å². The van der Waals surface area contributed by atoms with Gasteiger partial charge in [0.25, 0.3) is 0 Å². The summed E-state index contributed by atoms with van der Waals surface area (Å²) in [5.74, 6) is 0. The number of para-hydroxylation sites is 1. The van der Waals surface area contributed by atoms with Crippen LogP contribution < -0.4 is 5.32 Å². The van der Waals surface area contributed by atoms with Crippen molar-refractivity contribution in [2.75, 3.05) is 0 Å². The predicted molar refractivity (Wildman–Crippen MR) is 97.1 cm³/mol. The van der Waals surface area contributed by atoms with E-state index in [0.29, 0.717) is 0 Å². The third kappa shape index (κ3) is 2.89. The summed E-state index contributed by atoms with van der Waals surface area (Å²) in [7, 11) is 0. The molecule has 1 aliphatic carbocycles. The molecule has 1 aliphatic rings. The van der Waals surface area contributed by atoms with Gasteiger partial charge in [-0.15, -0.1) is 0 Å². The van der Waals surface area contributed by atoms with Crippen LogP contribution in [0.15, 0.2) is 48.5 Å². The van der Waals surface area contributed by atoms with E-state index in [0.717, 1.165) is 24.2 Å². The van der Waals surface area contributed by atoms with Gasteiger partial charge in [-0.3, -0.25) is 0 Å². The van der Waals surface area contributed by atoms with Gasteiger partial charge in [0, 0.05) is 40.8 Å². The van der Waals surface area contributed by atoms with Crippen molar-refractivity contribution in [3.05, 3.63) is 70.4 Å². The fourth-order valence-electron chi connectivity index (χ4n) is 3.26. The van der Waals surface area contributed by atoms with E-state index in [1.165, 1.54) is 40.6 Å². The maximum absolute atomic E-state index is 6.37. The minimum Gasteiger partial charge on any atom is -0.340 e. The number of aromatic nitrogens is 1. The van der Waals surface area contributed by atoms with Crippen molar-refractivity contribution in [3.63, 3.8) is 0 Å². The molecule has 23 heavy (non-hydrogen) atoms. The fourth-order valence-corrected chi connectivity index (χ4v) is 3.46. The largest absolute Gasteiger partial charge is 0.340 e. The number of rotatable bonds is 5. The van der Waals surface area contributed by atoms with E-state index in [1.54, 1.807) is 0 Å². The molecule has 0 unspecified atom stereocenters. The van der Waals surface area contributed by atoms with Crippen molar-refractivity contribution < 1.29 is 0 Å². The molecule has 0 saturated heterocycles. The van der Waals surface area contributed by atoms with E-state index in [-0.39, 0.29) is 0 Å². The Morgan fingerprint density at radius 2 is 1.83 bits per heavy atom. The number of hydrogen-bond acceptors (Lipinski definition) is 1. The Hall–Kier alpha value is -1.77. The molecule has 0 spiro atoms. The molecular weight excluding hydrogens is 304 g/mol. The lowest BCUT2D eigenvalue weighted by atomic mass is 10.1. The molecule has 0 bridgehead atoms.